The van der Waals surface area contributed by atoms with Gasteiger partial charge in [-0.05, 0) is 43.2 Å². The fraction of sp³-hybridized carbons (Fsp3) is 0.364. The molecule has 0 aromatic carbocycles. The van der Waals surface area contributed by atoms with Gasteiger partial charge in [0.05, 0.1) is 33.5 Å². The van der Waals surface area contributed by atoms with E-state index in [4.69, 9.17) is 0 Å². The molecule has 3 aliphatic heterocycles. The van der Waals surface area contributed by atoms with E-state index in [1.54, 1.807) is 24.1 Å². The van der Waals surface area contributed by atoms with Gasteiger partial charge in [0.15, 0.2) is 0 Å². The number of rotatable bonds is 4. The number of carbonyl (C=O) groups is 3. The number of β-lactam (4-membered cyclic amide) rings is 1. The standard InChI is InChI=1S/C22H21N3O5S.K/c1-11(26)17-18-12-7-9-24(10-13(12)19(22(29)30)25(18)21(17)28)20(27)16-6-5-15(31-16)14-4-2-3-8-23-14;/h2-6,8,11-12,17-18,26H,7,9-10H2,1H3,(H,29,30);/t11-,12+,17-,18-;/m1./s1. The molecule has 8 nitrogen and oxygen atoms in total. The summed E-state index contributed by atoms with van der Waals surface area (Å²) in [4.78, 5) is 46.3. The predicted octanol–water partition coefficient (Wildman–Crippen LogP) is 1.45. The predicted molar refractivity (Wildman–Crippen MR) is 118 cm³/mol. The molecular formula is C22H21KN3O5S. The Kier molecular flexibility index (Phi) is 6.75. The van der Waals surface area contributed by atoms with Crippen LogP contribution in [0, 0.1) is 11.8 Å². The number of aliphatic hydroxyl groups is 1. The van der Waals surface area contributed by atoms with Gasteiger partial charge in [-0.2, -0.15) is 0 Å². The number of aliphatic hydroxyl groups excluding tert-OH is 1. The quantitative estimate of drug-likeness (QED) is 0.508. The summed E-state index contributed by atoms with van der Waals surface area (Å²) < 4.78 is 0. The normalized spacial score (nSPS) is 24.9. The number of aliphatic carboxylic acids is 1. The molecule has 2 aromatic heterocycles. The molecule has 0 bridgehead atoms. The van der Waals surface area contributed by atoms with Crippen molar-refractivity contribution in [2.24, 2.45) is 11.8 Å². The summed E-state index contributed by atoms with van der Waals surface area (Å²) in [6.45, 7) is 2.21. The van der Waals surface area contributed by atoms with Gasteiger partial charge in [-0.15, -0.1) is 11.3 Å². The summed E-state index contributed by atoms with van der Waals surface area (Å²) in [7, 11) is 0. The monoisotopic (exact) mass is 478 g/mol. The first-order valence-corrected chi connectivity index (χ1v) is 11.0. The first-order chi connectivity index (χ1) is 14.9. The molecule has 2 N–H and O–H groups in total. The Hall–Kier alpha value is -1.40. The van der Waals surface area contributed by atoms with Crippen LogP contribution in [0.3, 0.4) is 0 Å². The van der Waals surface area contributed by atoms with Crippen molar-refractivity contribution in [2.75, 3.05) is 13.1 Å². The van der Waals surface area contributed by atoms with Crippen molar-refractivity contribution in [3.05, 3.63) is 52.7 Å². The topological polar surface area (TPSA) is 111 Å². The van der Waals surface area contributed by atoms with E-state index in [9.17, 15) is 24.6 Å². The van der Waals surface area contributed by atoms with Gasteiger partial charge in [-0.1, -0.05) is 6.07 Å². The van der Waals surface area contributed by atoms with E-state index in [2.05, 4.69) is 4.98 Å². The minimum absolute atomic E-state index is 0. The van der Waals surface area contributed by atoms with Crippen LogP contribution in [0.4, 0.5) is 0 Å². The summed E-state index contributed by atoms with van der Waals surface area (Å²) >= 11 is 1.35. The number of piperidine rings is 1. The molecule has 0 unspecified atom stereocenters. The van der Waals surface area contributed by atoms with Gasteiger partial charge in [0.25, 0.3) is 5.91 Å². The maximum absolute atomic E-state index is 13.2. The average molecular weight is 479 g/mol. The molecule has 1 radical (unpaired) electrons. The Bertz CT molecular complexity index is 1120. The van der Waals surface area contributed by atoms with E-state index in [1.165, 1.54) is 16.2 Å². The van der Waals surface area contributed by atoms with Crippen LogP contribution in [0.2, 0.25) is 0 Å². The number of amides is 2. The van der Waals surface area contributed by atoms with Gasteiger partial charge in [-0.25, -0.2) is 4.79 Å². The number of carboxylic acids is 1. The molecule has 2 aromatic rings. The zero-order valence-electron chi connectivity index (χ0n) is 17.8. The fourth-order valence-corrected chi connectivity index (χ4v) is 5.99. The zero-order valence-corrected chi connectivity index (χ0v) is 21.7. The first-order valence-electron chi connectivity index (χ1n) is 10.2. The number of pyridine rings is 1. The summed E-state index contributed by atoms with van der Waals surface area (Å²) in [6, 6.07) is 8.90. The van der Waals surface area contributed by atoms with Crippen molar-refractivity contribution in [1.29, 1.82) is 0 Å². The molecular weight excluding hydrogens is 457 g/mol. The van der Waals surface area contributed by atoms with Crippen LogP contribution in [0.1, 0.15) is 23.0 Å². The number of fused-ring (bicyclic) bond motifs is 3. The number of hydrogen-bond acceptors (Lipinski definition) is 6. The number of carboxylic acid groups (broad SMARTS) is 1. The molecule has 32 heavy (non-hydrogen) atoms. The van der Waals surface area contributed by atoms with Crippen molar-refractivity contribution in [1.82, 2.24) is 14.8 Å². The molecule has 0 aliphatic carbocycles. The van der Waals surface area contributed by atoms with Gasteiger partial charge < -0.3 is 20.0 Å². The number of carbonyl (C=O) groups excluding carboxylic acids is 2. The molecule has 2 saturated heterocycles. The number of likely N-dealkylation sites (tertiary alicyclic amines) is 1. The smallest absolute Gasteiger partial charge is 0.352 e. The van der Waals surface area contributed by atoms with Crippen molar-refractivity contribution >= 4 is 80.5 Å². The van der Waals surface area contributed by atoms with E-state index >= 15 is 0 Å². The Morgan fingerprint density at radius 3 is 2.69 bits per heavy atom. The zero-order chi connectivity index (χ0) is 21.9. The molecule has 5 rings (SSSR count). The van der Waals surface area contributed by atoms with Crippen molar-refractivity contribution in [3.63, 3.8) is 0 Å². The third-order valence-corrected chi connectivity index (χ3v) is 7.50. The minimum Gasteiger partial charge on any atom is -0.477 e. The van der Waals surface area contributed by atoms with Gasteiger partial charge in [0, 0.05) is 76.6 Å². The van der Waals surface area contributed by atoms with E-state index in [0.29, 0.717) is 23.4 Å². The maximum atomic E-state index is 13.2. The van der Waals surface area contributed by atoms with Crippen LogP contribution in [0.15, 0.2) is 47.8 Å². The molecule has 5 heterocycles. The molecule has 0 saturated carbocycles. The van der Waals surface area contributed by atoms with E-state index in [1.807, 2.05) is 24.3 Å². The van der Waals surface area contributed by atoms with Gasteiger partial charge in [-0.3, -0.25) is 14.6 Å². The van der Waals surface area contributed by atoms with Crippen LogP contribution in [-0.2, 0) is 9.59 Å². The molecule has 10 heteroatoms. The fourth-order valence-electron chi connectivity index (χ4n) is 5.04. The SMILES string of the molecule is C[C@@H](O)[C@H]1C(=O)N2C(C(=O)O)=C3CN(C(=O)c4ccc(-c5ccccn5)s4)CC[C@@H]3[C@H]12.[K]. The third kappa shape index (κ3) is 3.71. The summed E-state index contributed by atoms with van der Waals surface area (Å²) in [5, 5.41) is 19.8. The molecule has 2 fully saturated rings. The van der Waals surface area contributed by atoms with Gasteiger partial charge in [0.2, 0.25) is 5.91 Å². The Morgan fingerprint density at radius 2 is 2.03 bits per heavy atom. The van der Waals surface area contributed by atoms with Crippen molar-refractivity contribution < 1.29 is 24.6 Å². The summed E-state index contributed by atoms with van der Waals surface area (Å²) in [6.07, 6.45) is 1.43. The van der Waals surface area contributed by atoms with Crippen molar-refractivity contribution in [2.45, 2.75) is 25.5 Å². The summed E-state index contributed by atoms with van der Waals surface area (Å²) in [5.74, 6) is -2.40. The Morgan fingerprint density at radius 1 is 1.25 bits per heavy atom. The number of thiophene rings is 1. The van der Waals surface area contributed by atoms with Crippen LogP contribution in [0.25, 0.3) is 10.6 Å². The second kappa shape index (κ2) is 9.09. The largest absolute Gasteiger partial charge is 0.477 e. The molecule has 2 amide bonds. The molecule has 161 valence electrons. The first kappa shape index (κ1) is 23.7. The third-order valence-electron chi connectivity index (χ3n) is 6.41. The molecule has 0 spiro atoms. The molecule has 3 aliphatic rings. The number of hydrogen-bond donors (Lipinski definition) is 2. The van der Waals surface area contributed by atoms with E-state index < -0.39 is 18.0 Å². The van der Waals surface area contributed by atoms with Crippen LogP contribution >= 0.6 is 11.3 Å². The maximum Gasteiger partial charge on any atom is 0.352 e. The Labute approximate surface area is 231 Å². The number of aromatic nitrogens is 1. The Balaban J connectivity index is 0.00000245. The van der Waals surface area contributed by atoms with Crippen LogP contribution in [0.5, 0.6) is 0 Å². The van der Waals surface area contributed by atoms with Crippen LogP contribution < -0.4 is 0 Å². The van der Waals surface area contributed by atoms with Gasteiger partial charge in [0.1, 0.15) is 5.70 Å². The van der Waals surface area contributed by atoms with Crippen molar-refractivity contribution in [3.8, 4) is 10.6 Å². The van der Waals surface area contributed by atoms with Crippen LogP contribution in [-0.4, -0.2) is 119 Å². The number of nitrogens with zero attached hydrogens (tertiary/aromatic N) is 3. The minimum atomic E-state index is -1.16. The van der Waals surface area contributed by atoms with Gasteiger partial charge >= 0.3 is 5.97 Å². The molecule has 4 atom stereocenters. The second-order valence-electron chi connectivity index (χ2n) is 8.14. The summed E-state index contributed by atoms with van der Waals surface area (Å²) in [5.41, 5.74) is 1.38. The van der Waals surface area contributed by atoms with E-state index in [-0.39, 0.29) is 87.4 Å². The second-order valence-corrected chi connectivity index (χ2v) is 9.23. The average Bonchev–Trinajstić information content (AvgIpc) is 3.35. The van der Waals surface area contributed by atoms with E-state index in [0.717, 1.165) is 10.6 Å².